The first-order chi connectivity index (χ1) is 14.2. The van der Waals surface area contributed by atoms with Crippen LogP contribution in [0.1, 0.15) is 63.1 Å². The molecule has 1 atom stereocenters. The van der Waals surface area contributed by atoms with Crippen LogP contribution in [0.25, 0.3) is 6.08 Å². The molecule has 0 saturated carbocycles. The molecule has 1 aromatic rings. The summed E-state index contributed by atoms with van der Waals surface area (Å²) < 4.78 is 0. The minimum atomic E-state index is -1.12. The Kier molecular flexibility index (Phi) is 8.08. The lowest BCUT2D eigenvalue weighted by Gasteiger charge is -2.35. The molecule has 7 heteroatoms. The first kappa shape index (κ1) is 23.5. The summed E-state index contributed by atoms with van der Waals surface area (Å²) in [5, 5.41) is 32.2. The number of hydrogen-bond donors (Lipinski definition) is 4. The summed E-state index contributed by atoms with van der Waals surface area (Å²) in [5.41, 5.74) is 4.41. The lowest BCUT2D eigenvalue weighted by molar-refractivity contribution is 0.0690. The van der Waals surface area contributed by atoms with Gasteiger partial charge in [-0.1, -0.05) is 49.8 Å². The number of aromatic carboxylic acids is 1. The number of aromatic amines is 1. The number of H-pyrrole nitrogens is 1. The second-order valence-corrected chi connectivity index (χ2v) is 8.22. The van der Waals surface area contributed by atoms with E-state index < -0.39 is 12.2 Å². The predicted octanol–water partition coefficient (Wildman–Crippen LogP) is 4.01. The van der Waals surface area contributed by atoms with E-state index in [4.69, 9.17) is 5.11 Å². The quantitative estimate of drug-likeness (QED) is 0.379. The normalized spacial score (nSPS) is 19.1. The van der Waals surface area contributed by atoms with E-state index in [2.05, 4.69) is 46.7 Å². The molecule has 0 radical (unpaired) electrons. The zero-order valence-electron chi connectivity index (χ0n) is 18.4. The van der Waals surface area contributed by atoms with Crippen molar-refractivity contribution < 1.29 is 15.0 Å². The Morgan fingerprint density at radius 1 is 1.23 bits per heavy atom. The van der Waals surface area contributed by atoms with Gasteiger partial charge in [0.15, 0.2) is 5.69 Å². The van der Waals surface area contributed by atoms with Crippen molar-refractivity contribution in [1.82, 2.24) is 20.7 Å². The Hall–Kier alpha value is -2.77. The lowest BCUT2D eigenvalue weighted by Crippen LogP contribution is -2.32. The average molecular weight is 413 g/mol. The van der Waals surface area contributed by atoms with E-state index in [1.54, 1.807) is 13.1 Å². The summed E-state index contributed by atoms with van der Waals surface area (Å²) in [6.45, 7) is 8.33. The Morgan fingerprint density at radius 3 is 2.63 bits per heavy atom. The fourth-order valence-electron chi connectivity index (χ4n) is 3.60. The maximum Gasteiger partial charge on any atom is 0.358 e. The smallest absolute Gasteiger partial charge is 0.358 e. The van der Waals surface area contributed by atoms with Crippen LogP contribution < -0.4 is 5.32 Å². The van der Waals surface area contributed by atoms with E-state index in [9.17, 15) is 9.90 Å². The number of nitrogens with one attached hydrogen (secondary N) is 2. The van der Waals surface area contributed by atoms with Crippen LogP contribution in [0.4, 0.5) is 0 Å². The van der Waals surface area contributed by atoms with Crippen LogP contribution in [0, 0.1) is 5.41 Å². The van der Waals surface area contributed by atoms with E-state index >= 15 is 0 Å². The highest BCUT2D eigenvalue weighted by Crippen LogP contribution is 2.41. The second kappa shape index (κ2) is 10.3. The maximum atomic E-state index is 11.1. The molecule has 1 unspecified atom stereocenters. The number of carboxylic acids is 1. The molecular weight excluding hydrogens is 380 g/mol. The van der Waals surface area contributed by atoms with E-state index in [0.717, 1.165) is 36.0 Å². The van der Waals surface area contributed by atoms with Gasteiger partial charge in [-0.2, -0.15) is 10.3 Å². The summed E-state index contributed by atoms with van der Waals surface area (Å²) in [6.07, 6.45) is 14.1. The Morgan fingerprint density at radius 2 is 1.97 bits per heavy atom. The number of carboxylic acid groups (broad SMARTS) is 1. The van der Waals surface area contributed by atoms with Crippen molar-refractivity contribution in [3.05, 3.63) is 64.1 Å². The standard InChI is InChI=1S/C23H32N4O3/c1-15(8-6-9-16(2)14-19-20(22(29)30)26-27-25-19)11-12-18-17(21(28)24-5)10-7-13-23(18,3)4/h6,8-9,11-12,14,21,24,28H,7,10,13H2,1-5H3,(H,29,30)(H,25,26,27)/b9-6+,12-11+,15-8+,16-14+. The summed E-state index contributed by atoms with van der Waals surface area (Å²) >= 11 is 0. The minimum Gasteiger partial charge on any atom is -0.476 e. The van der Waals surface area contributed by atoms with Crippen molar-refractivity contribution in [3.63, 3.8) is 0 Å². The van der Waals surface area contributed by atoms with Crippen LogP contribution in [0.2, 0.25) is 0 Å². The number of allylic oxidation sites excluding steroid dienone is 8. The Bertz CT molecular complexity index is 917. The molecule has 0 aliphatic heterocycles. The number of rotatable bonds is 8. The van der Waals surface area contributed by atoms with Gasteiger partial charge in [-0.3, -0.25) is 5.32 Å². The third kappa shape index (κ3) is 6.11. The van der Waals surface area contributed by atoms with Crippen LogP contribution in [0.5, 0.6) is 0 Å². The predicted molar refractivity (Wildman–Crippen MR) is 119 cm³/mol. The SMILES string of the molecule is CNC(O)C1=C(/C=C/C(C)=C/C=C/C(C)=C/c2n[nH]nc2C(=O)O)C(C)(C)CCC1. The van der Waals surface area contributed by atoms with E-state index in [-0.39, 0.29) is 11.1 Å². The Labute approximate surface area is 178 Å². The molecule has 2 rings (SSSR count). The first-order valence-electron chi connectivity index (χ1n) is 10.1. The molecule has 1 aliphatic carbocycles. The highest BCUT2D eigenvalue weighted by atomic mass is 16.4. The van der Waals surface area contributed by atoms with Gasteiger partial charge in [0.1, 0.15) is 11.9 Å². The number of nitrogens with zero attached hydrogens (tertiary/aromatic N) is 2. The highest BCUT2D eigenvalue weighted by molar-refractivity contribution is 5.89. The molecule has 30 heavy (non-hydrogen) atoms. The van der Waals surface area contributed by atoms with Gasteiger partial charge >= 0.3 is 5.97 Å². The molecule has 1 aliphatic rings. The van der Waals surface area contributed by atoms with E-state index in [1.807, 2.05) is 32.1 Å². The lowest BCUT2D eigenvalue weighted by atomic mass is 9.72. The summed E-state index contributed by atoms with van der Waals surface area (Å²) in [6, 6.07) is 0. The fourth-order valence-corrected chi connectivity index (χ4v) is 3.60. The number of carbonyl (C=O) groups is 1. The summed E-state index contributed by atoms with van der Waals surface area (Å²) in [7, 11) is 1.77. The molecule has 0 amide bonds. The van der Waals surface area contributed by atoms with Crippen LogP contribution in [0.15, 0.2) is 52.7 Å². The van der Waals surface area contributed by atoms with Gasteiger partial charge in [0, 0.05) is 0 Å². The highest BCUT2D eigenvalue weighted by Gasteiger charge is 2.30. The van der Waals surface area contributed by atoms with Crippen molar-refractivity contribution in [2.45, 2.75) is 53.2 Å². The molecule has 0 aromatic carbocycles. The third-order valence-electron chi connectivity index (χ3n) is 5.30. The van der Waals surface area contributed by atoms with Crippen LogP contribution in [-0.2, 0) is 0 Å². The number of hydrogen-bond acceptors (Lipinski definition) is 5. The van der Waals surface area contributed by atoms with E-state index in [1.165, 1.54) is 5.57 Å². The molecule has 0 saturated heterocycles. The van der Waals surface area contributed by atoms with Crippen molar-refractivity contribution >= 4 is 12.0 Å². The van der Waals surface area contributed by atoms with Crippen molar-refractivity contribution in [2.75, 3.05) is 7.05 Å². The van der Waals surface area contributed by atoms with Crippen LogP contribution >= 0.6 is 0 Å². The van der Waals surface area contributed by atoms with Gasteiger partial charge < -0.3 is 10.2 Å². The fraction of sp³-hybridized carbons (Fsp3) is 0.435. The largest absolute Gasteiger partial charge is 0.476 e. The zero-order chi connectivity index (χ0) is 22.3. The third-order valence-corrected chi connectivity index (χ3v) is 5.30. The molecule has 1 heterocycles. The van der Waals surface area contributed by atoms with Gasteiger partial charge in [-0.15, -0.1) is 5.10 Å². The second-order valence-electron chi connectivity index (χ2n) is 8.22. The average Bonchev–Trinajstić information content (AvgIpc) is 3.14. The maximum absolute atomic E-state index is 11.1. The molecule has 0 fully saturated rings. The molecule has 162 valence electrons. The number of aromatic nitrogens is 3. The monoisotopic (exact) mass is 412 g/mol. The molecular formula is C23H32N4O3. The van der Waals surface area contributed by atoms with Gasteiger partial charge in [0.25, 0.3) is 0 Å². The van der Waals surface area contributed by atoms with Crippen LogP contribution in [0.3, 0.4) is 0 Å². The number of aliphatic hydroxyl groups is 1. The molecule has 7 nitrogen and oxygen atoms in total. The number of aliphatic hydroxyl groups excluding tert-OH is 1. The Balaban J connectivity index is 2.15. The minimum absolute atomic E-state index is 0.0246. The van der Waals surface area contributed by atoms with Gasteiger partial charge in [0.05, 0.1) is 0 Å². The van der Waals surface area contributed by atoms with Crippen molar-refractivity contribution in [2.24, 2.45) is 5.41 Å². The van der Waals surface area contributed by atoms with Gasteiger partial charge in [-0.05, 0) is 68.4 Å². The van der Waals surface area contributed by atoms with Gasteiger partial charge in [-0.25, -0.2) is 4.79 Å². The van der Waals surface area contributed by atoms with Crippen LogP contribution in [-0.4, -0.2) is 44.9 Å². The first-order valence-corrected chi connectivity index (χ1v) is 10.1. The molecule has 4 N–H and O–H groups in total. The van der Waals surface area contributed by atoms with Crippen molar-refractivity contribution in [3.8, 4) is 0 Å². The summed E-state index contributed by atoms with van der Waals surface area (Å²) in [5.74, 6) is -1.12. The number of likely N-dealkylation sites (N-methyl/N-ethyl adjacent to an activating group) is 1. The van der Waals surface area contributed by atoms with Crippen molar-refractivity contribution in [1.29, 1.82) is 0 Å². The molecule has 0 bridgehead atoms. The van der Waals surface area contributed by atoms with E-state index in [0.29, 0.717) is 5.69 Å². The van der Waals surface area contributed by atoms with Gasteiger partial charge in [0.2, 0.25) is 0 Å². The topological polar surface area (TPSA) is 111 Å². The molecule has 1 aromatic heterocycles. The zero-order valence-corrected chi connectivity index (χ0v) is 18.4. The summed E-state index contributed by atoms with van der Waals surface area (Å²) in [4.78, 5) is 11.1. The molecule has 0 spiro atoms.